The number of hydrogen-bond donors (Lipinski definition) is 0. The van der Waals surface area contributed by atoms with Crippen LogP contribution in [0.2, 0.25) is 0 Å². The number of fused-ring (bicyclic) bond motifs is 1. The van der Waals surface area contributed by atoms with Gasteiger partial charge in [-0.25, -0.2) is 4.98 Å². The summed E-state index contributed by atoms with van der Waals surface area (Å²) in [6.07, 6.45) is 0.591. The van der Waals surface area contributed by atoms with Crippen molar-refractivity contribution in [2.45, 2.75) is 37.7 Å². The van der Waals surface area contributed by atoms with Crippen LogP contribution in [0.25, 0.3) is 10.9 Å². The SMILES string of the molecule is CC[C@H](c1nc2ccccc2c(=O)n1CC)N(C)C(=O)C(Cl)Cl. The first kappa shape index (κ1) is 17.8. The number of alkyl halides is 2. The van der Waals surface area contributed by atoms with E-state index < -0.39 is 10.7 Å². The van der Waals surface area contributed by atoms with E-state index in [1.165, 1.54) is 4.90 Å². The van der Waals surface area contributed by atoms with E-state index in [0.29, 0.717) is 29.7 Å². The van der Waals surface area contributed by atoms with E-state index in [2.05, 4.69) is 4.98 Å². The number of hydrogen-bond acceptors (Lipinski definition) is 3. The smallest absolute Gasteiger partial charge is 0.261 e. The molecule has 0 spiro atoms. The highest BCUT2D eigenvalue weighted by Crippen LogP contribution is 2.24. The molecule has 2 rings (SSSR count). The van der Waals surface area contributed by atoms with Gasteiger partial charge in [-0.2, -0.15) is 0 Å². The minimum atomic E-state index is -1.14. The Morgan fingerprint density at radius 3 is 2.52 bits per heavy atom. The quantitative estimate of drug-likeness (QED) is 0.774. The molecule has 1 aromatic heterocycles. The molecule has 0 saturated carbocycles. The average molecular weight is 356 g/mol. The van der Waals surface area contributed by atoms with Gasteiger partial charge < -0.3 is 4.90 Å². The van der Waals surface area contributed by atoms with Crippen LogP contribution in [0.15, 0.2) is 29.1 Å². The lowest BCUT2D eigenvalue weighted by Gasteiger charge is -2.29. The highest BCUT2D eigenvalue weighted by molar-refractivity contribution is 6.53. The van der Waals surface area contributed by atoms with Crippen LogP contribution in [-0.2, 0) is 11.3 Å². The van der Waals surface area contributed by atoms with E-state index in [-0.39, 0.29) is 11.6 Å². The summed E-state index contributed by atoms with van der Waals surface area (Å²) in [7, 11) is 1.62. The highest BCUT2D eigenvalue weighted by atomic mass is 35.5. The van der Waals surface area contributed by atoms with Gasteiger partial charge in [0.05, 0.1) is 16.9 Å². The topological polar surface area (TPSA) is 55.2 Å². The molecule has 0 N–H and O–H groups in total. The molecule has 1 atom stereocenters. The van der Waals surface area contributed by atoms with Gasteiger partial charge in [0.25, 0.3) is 11.5 Å². The Kier molecular flexibility index (Phi) is 5.65. The maximum atomic E-state index is 12.7. The van der Waals surface area contributed by atoms with Gasteiger partial charge in [0.1, 0.15) is 5.82 Å². The molecule has 2 aromatic rings. The lowest BCUT2D eigenvalue weighted by atomic mass is 10.1. The summed E-state index contributed by atoms with van der Waals surface area (Å²) >= 11 is 11.4. The third-order valence-electron chi connectivity index (χ3n) is 3.89. The molecule has 0 aliphatic carbocycles. The molecular weight excluding hydrogens is 337 g/mol. The van der Waals surface area contributed by atoms with Crippen LogP contribution >= 0.6 is 23.2 Å². The van der Waals surface area contributed by atoms with Crippen molar-refractivity contribution < 1.29 is 4.79 Å². The van der Waals surface area contributed by atoms with Crippen LogP contribution in [0.1, 0.15) is 32.1 Å². The van der Waals surface area contributed by atoms with Crippen molar-refractivity contribution in [3.8, 4) is 0 Å². The predicted molar refractivity (Wildman–Crippen MR) is 93.0 cm³/mol. The molecular formula is C16H19Cl2N3O2. The fourth-order valence-electron chi connectivity index (χ4n) is 2.68. The monoisotopic (exact) mass is 355 g/mol. The zero-order valence-electron chi connectivity index (χ0n) is 13.3. The molecule has 0 aliphatic rings. The van der Waals surface area contributed by atoms with Crippen molar-refractivity contribution >= 4 is 40.0 Å². The zero-order chi connectivity index (χ0) is 17.1. The summed E-state index contributed by atoms with van der Waals surface area (Å²) in [4.78, 5) is 29.7. The van der Waals surface area contributed by atoms with Crippen LogP contribution in [0.3, 0.4) is 0 Å². The highest BCUT2D eigenvalue weighted by Gasteiger charge is 2.28. The van der Waals surface area contributed by atoms with Gasteiger partial charge in [-0.1, -0.05) is 42.3 Å². The van der Waals surface area contributed by atoms with E-state index in [0.717, 1.165) is 0 Å². The summed E-state index contributed by atoms with van der Waals surface area (Å²) in [6, 6.07) is 6.81. The number of carbonyl (C=O) groups is 1. The Balaban J connectivity index is 2.64. The summed E-state index contributed by atoms with van der Waals surface area (Å²) < 4.78 is 1.59. The van der Waals surface area contributed by atoms with E-state index >= 15 is 0 Å². The second-order valence-electron chi connectivity index (χ2n) is 5.21. The Bertz CT molecular complexity index is 773. The van der Waals surface area contributed by atoms with Crippen molar-refractivity contribution in [3.05, 3.63) is 40.4 Å². The summed E-state index contributed by atoms with van der Waals surface area (Å²) in [5, 5.41) is 0.564. The molecule has 0 radical (unpaired) electrons. The first-order valence-electron chi connectivity index (χ1n) is 7.46. The van der Waals surface area contributed by atoms with Crippen molar-refractivity contribution in [3.63, 3.8) is 0 Å². The molecule has 0 bridgehead atoms. The van der Waals surface area contributed by atoms with Gasteiger partial charge >= 0.3 is 0 Å². The fourth-order valence-corrected chi connectivity index (χ4v) is 2.99. The minimum Gasteiger partial charge on any atom is -0.333 e. The van der Waals surface area contributed by atoms with Crippen molar-refractivity contribution in [2.24, 2.45) is 0 Å². The lowest BCUT2D eigenvalue weighted by molar-refractivity contribution is -0.130. The Labute approximate surface area is 144 Å². The van der Waals surface area contributed by atoms with Crippen molar-refractivity contribution in [1.82, 2.24) is 14.5 Å². The second kappa shape index (κ2) is 7.32. The van der Waals surface area contributed by atoms with Crippen LogP contribution in [0.5, 0.6) is 0 Å². The lowest BCUT2D eigenvalue weighted by Crippen LogP contribution is -2.38. The van der Waals surface area contributed by atoms with Crippen LogP contribution < -0.4 is 5.56 Å². The van der Waals surface area contributed by atoms with Crippen molar-refractivity contribution in [2.75, 3.05) is 7.05 Å². The molecule has 124 valence electrons. The number of aromatic nitrogens is 2. The Morgan fingerprint density at radius 2 is 1.96 bits per heavy atom. The summed E-state index contributed by atoms with van der Waals surface area (Å²) in [5.74, 6) is 0.133. The third kappa shape index (κ3) is 3.35. The number of benzene rings is 1. The molecule has 0 unspecified atom stereocenters. The van der Waals surface area contributed by atoms with Crippen molar-refractivity contribution in [1.29, 1.82) is 0 Å². The minimum absolute atomic E-state index is 0.110. The number of halogens is 2. The van der Waals surface area contributed by atoms with Gasteiger partial charge in [0.15, 0.2) is 4.84 Å². The van der Waals surface area contributed by atoms with E-state index in [1.54, 1.807) is 23.7 Å². The van der Waals surface area contributed by atoms with Gasteiger partial charge in [-0.3, -0.25) is 14.2 Å². The maximum absolute atomic E-state index is 12.7. The third-order valence-corrected chi connectivity index (χ3v) is 4.27. The maximum Gasteiger partial charge on any atom is 0.261 e. The number of amides is 1. The van der Waals surface area contributed by atoms with Gasteiger partial charge in [-0.15, -0.1) is 0 Å². The van der Waals surface area contributed by atoms with Crippen LogP contribution in [0, 0.1) is 0 Å². The van der Waals surface area contributed by atoms with E-state index in [1.807, 2.05) is 26.0 Å². The Morgan fingerprint density at radius 1 is 1.30 bits per heavy atom. The fraction of sp³-hybridized carbons (Fsp3) is 0.438. The predicted octanol–water partition coefficient (Wildman–Crippen LogP) is 3.13. The number of para-hydroxylation sites is 1. The Hall–Kier alpha value is -1.59. The van der Waals surface area contributed by atoms with E-state index in [9.17, 15) is 9.59 Å². The number of carbonyl (C=O) groups excluding carboxylic acids is 1. The molecule has 1 heterocycles. The normalized spacial score (nSPS) is 12.6. The zero-order valence-corrected chi connectivity index (χ0v) is 14.8. The molecule has 7 heteroatoms. The average Bonchev–Trinajstić information content (AvgIpc) is 2.55. The first-order chi connectivity index (χ1) is 10.9. The number of rotatable bonds is 5. The van der Waals surface area contributed by atoms with Gasteiger partial charge in [0, 0.05) is 13.6 Å². The van der Waals surface area contributed by atoms with Gasteiger partial charge in [-0.05, 0) is 25.5 Å². The molecule has 0 aliphatic heterocycles. The molecule has 0 saturated heterocycles. The first-order valence-corrected chi connectivity index (χ1v) is 8.33. The van der Waals surface area contributed by atoms with Gasteiger partial charge in [0.2, 0.25) is 0 Å². The summed E-state index contributed by atoms with van der Waals surface area (Å²) in [5.41, 5.74) is 0.505. The van der Waals surface area contributed by atoms with Crippen LogP contribution in [0.4, 0.5) is 0 Å². The van der Waals surface area contributed by atoms with E-state index in [4.69, 9.17) is 23.2 Å². The standard InChI is InChI=1S/C16H19Cl2N3O2/c1-4-12(20(3)16(23)13(17)18)14-19-11-9-7-6-8-10(11)15(22)21(14)5-2/h6-9,12-13H,4-5H2,1-3H3/t12-/m1/s1. The largest absolute Gasteiger partial charge is 0.333 e. The molecule has 23 heavy (non-hydrogen) atoms. The summed E-state index contributed by atoms with van der Waals surface area (Å²) in [6.45, 7) is 4.27. The molecule has 5 nitrogen and oxygen atoms in total. The van der Waals surface area contributed by atoms with Crippen LogP contribution in [-0.4, -0.2) is 32.2 Å². The number of nitrogens with zero attached hydrogens (tertiary/aromatic N) is 3. The second-order valence-corrected chi connectivity index (χ2v) is 6.31. The molecule has 1 aromatic carbocycles. The molecule has 0 fully saturated rings. The molecule has 1 amide bonds.